The van der Waals surface area contributed by atoms with Crippen molar-refractivity contribution >= 4 is 71.0 Å². The predicted molar refractivity (Wildman–Crippen MR) is 69.1 cm³/mol. The third-order valence-corrected chi connectivity index (χ3v) is 8.12. The quantitative estimate of drug-likeness (QED) is 0.473. The minimum absolute atomic E-state index is 0.444. The maximum Gasteiger partial charge on any atom is 0.286 e. The summed E-state index contributed by atoms with van der Waals surface area (Å²) < 4.78 is 30.0. The Morgan fingerprint density at radius 2 is 1.08 bits per heavy atom. The fraction of sp³-hybridized carbons (Fsp3) is 0. The minimum atomic E-state index is -0.653. The number of rotatable bonds is 2. The van der Waals surface area contributed by atoms with E-state index in [1.807, 2.05) is 0 Å². The van der Waals surface area contributed by atoms with Crippen molar-refractivity contribution in [3.63, 3.8) is 0 Å². The molecule has 1 aliphatic heterocycles. The van der Waals surface area contributed by atoms with Gasteiger partial charge in [0, 0.05) is 0 Å². The van der Waals surface area contributed by atoms with Gasteiger partial charge in [0.15, 0.2) is 0 Å². The van der Waals surface area contributed by atoms with Crippen LogP contribution in [0.5, 0.6) is 0 Å². The molecule has 0 bridgehead atoms. The van der Waals surface area contributed by atoms with Gasteiger partial charge in [-0.25, -0.2) is 0 Å². The number of hydrogen-bond acceptors (Lipinski definition) is 6. The van der Waals surface area contributed by atoms with Crippen LogP contribution in [0.25, 0.3) is 0 Å². The van der Waals surface area contributed by atoms with Crippen LogP contribution in [0.15, 0.2) is 0 Å². The van der Waals surface area contributed by atoms with Crippen molar-refractivity contribution in [1.82, 2.24) is 0 Å². The topological polar surface area (TPSA) is 55.4 Å². The van der Waals surface area contributed by atoms with Crippen LogP contribution >= 0.6 is 0 Å². The molecular formula is H16O6Si7. The molecule has 80 valence electrons. The van der Waals surface area contributed by atoms with Crippen molar-refractivity contribution < 1.29 is 24.7 Å². The lowest BCUT2D eigenvalue weighted by atomic mass is 15.7. The van der Waals surface area contributed by atoms with Gasteiger partial charge in [0.2, 0.25) is 0 Å². The van der Waals surface area contributed by atoms with Crippen LogP contribution in [0.2, 0.25) is 0 Å². The van der Waals surface area contributed by atoms with E-state index in [9.17, 15) is 0 Å². The van der Waals surface area contributed by atoms with Gasteiger partial charge in [-0.1, -0.05) is 0 Å². The first-order chi connectivity index (χ1) is 6.41. The molecule has 0 radical (unpaired) electrons. The van der Waals surface area contributed by atoms with Crippen LogP contribution in [0, 0.1) is 0 Å². The lowest BCUT2D eigenvalue weighted by Gasteiger charge is -2.10. The molecule has 0 aliphatic carbocycles. The van der Waals surface area contributed by atoms with Gasteiger partial charge in [0.1, 0.15) is 21.0 Å². The highest BCUT2D eigenvalue weighted by Crippen LogP contribution is 1.79. The van der Waals surface area contributed by atoms with Crippen molar-refractivity contribution in [3.8, 4) is 0 Å². The molecule has 1 rings (SSSR count). The highest BCUT2D eigenvalue weighted by atomic mass is 28.4. The molecule has 13 heteroatoms. The predicted octanol–water partition coefficient (Wildman–Crippen LogP) is -7.36. The van der Waals surface area contributed by atoms with Crippen molar-refractivity contribution in [2.75, 3.05) is 0 Å². The summed E-state index contributed by atoms with van der Waals surface area (Å²) in [5, 5.41) is 0. The van der Waals surface area contributed by atoms with Crippen LogP contribution < -0.4 is 0 Å². The van der Waals surface area contributed by atoms with E-state index in [-0.39, 0.29) is 0 Å². The summed E-state index contributed by atoms with van der Waals surface area (Å²) in [4.78, 5) is 0. The molecule has 0 aromatic heterocycles. The Morgan fingerprint density at radius 3 is 1.23 bits per heavy atom. The van der Waals surface area contributed by atoms with Crippen LogP contribution in [-0.2, 0) is 24.7 Å². The monoisotopic (exact) mass is 308 g/mol. The van der Waals surface area contributed by atoms with E-state index in [0.717, 1.165) is 21.0 Å². The van der Waals surface area contributed by atoms with E-state index in [1.54, 1.807) is 0 Å². The van der Waals surface area contributed by atoms with Crippen molar-refractivity contribution in [2.45, 2.75) is 0 Å². The summed E-state index contributed by atoms with van der Waals surface area (Å²) >= 11 is 0. The summed E-state index contributed by atoms with van der Waals surface area (Å²) in [5.41, 5.74) is 0. The molecule has 0 aromatic carbocycles. The van der Waals surface area contributed by atoms with Gasteiger partial charge < -0.3 is 24.7 Å². The molecular weight excluding hydrogens is 293 g/mol. The number of hydrogen-bond donors (Lipinski definition) is 0. The summed E-state index contributed by atoms with van der Waals surface area (Å²) in [6.07, 6.45) is 0. The smallest absolute Gasteiger partial charge is 0.286 e. The van der Waals surface area contributed by atoms with Crippen LogP contribution in [0.1, 0.15) is 0 Å². The zero-order valence-corrected chi connectivity index (χ0v) is 19.1. The third-order valence-electron chi connectivity index (χ3n) is 0.902. The van der Waals surface area contributed by atoms with Crippen LogP contribution in [-0.4, -0.2) is 71.0 Å². The first kappa shape index (κ1) is 14.3. The van der Waals surface area contributed by atoms with E-state index in [0.29, 0.717) is 0 Å². The van der Waals surface area contributed by atoms with Gasteiger partial charge in [0.25, 0.3) is 50.0 Å². The van der Waals surface area contributed by atoms with E-state index >= 15 is 0 Å². The second kappa shape index (κ2) is 13.3. The summed E-state index contributed by atoms with van der Waals surface area (Å²) in [6.45, 7) is 0. The van der Waals surface area contributed by atoms with E-state index in [1.165, 1.54) is 0 Å². The maximum atomic E-state index is 5.10. The van der Waals surface area contributed by atoms with Gasteiger partial charge in [-0.3, -0.25) is 0 Å². The maximum absolute atomic E-state index is 5.10. The molecule has 1 saturated heterocycles. The van der Waals surface area contributed by atoms with Gasteiger partial charge in [-0.05, 0) is 0 Å². The highest BCUT2D eigenvalue weighted by molar-refractivity contribution is 6.50. The molecule has 0 unspecified atom stereocenters. The standard InChI is InChI=1S/H8O4Si4.H8O2Si3/c1-5-2-7-4-8-3-6-1;3-1-5-2-4/h5-8H2;5H2,3-4H3. The van der Waals surface area contributed by atoms with Crippen molar-refractivity contribution in [1.29, 1.82) is 0 Å². The van der Waals surface area contributed by atoms with Crippen LogP contribution in [0.3, 0.4) is 0 Å². The lowest BCUT2D eigenvalue weighted by Crippen LogP contribution is -2.23. The Kier molecular flexibility index (Phi) is 14.6. The molecule has 13 heavy (non-hydrogen) atoms. The zero-order valence-electron chi connectivity index (χ0n) is 7.99. The first-order valence-corrected chi connectivity index (χ1v) is 11.1. The van der Waals surface area contributed by atoms with E-state index in [4.69, 9.17) is 24.7 Å². The highest BCUT2D eigenvalue weighted by Gasteiger charge is 1.97. The second-order valence-corrected chi connectivity index (χ2v) is 14.3. The molecule has 0 atom stereocenters. The van der Waals surface area contributed by atoms with Gasteiger partial charge in [-0.15, -0.1) is 0 Å². The molecule has 1 heterocycles. The molecule has 0 aromatic rings. The van der Waals surface area contributed by atoms with E-state index < -0.39 is 50.0 Å². The lowest BCUT2D eigenvalue weighted by molar-refractivity contribution is 0.347. The Balaban J connectivity index is 0.000000252. The average molecular weight is 309 g/mol. The molecule has 1 fully saturated rings. The zero-order chi connectivity index (χ0) is 9.78. The van der Waals surface area contributed by atoms with Gasteiger partial charge in [-0.2, -0.15) is 0 Å². The summed E-state index contributed by atoms with van der Waals surface area (Å²) in [7, 11) is -1.34. The molecule has 6 nitrogen and oxygen atoms in total. The molecule has 1 aliphatic rings. The van der Waals surface area contributed by atoms with Gasteiger partial charge >= 0.3 is 0 Å². The minimum Gasteiger partial charge on any atom is -0.449 e. The van der Waals surface area contributed by atoms with E-state index in [2.05, 4.69) is 0 Å². The van der Waals surface area contributed by atoms with Gasteiger partial charge in [0.05, 0.1) is 0 Å². The largest absolute Gasteiger partial charge is 0.449 e. The Labute approximate surface area is 95.7 Å². The Morgan fingerprint density at radius 1 is 0.769 bits per heavy atom. The molecule has 0 amide bonds. The second-order valence-electron chi connectivity index (χ2n) is 1.98. The fourth-order valence-corrected chi connectivity index (χ4v) is 10.8. The Bertz CT molecular complexity index is 63.1. The van der Waals surface area contributed by atoms with Crippen molar-refractivity contribution in [2.24, 2.45) is 0 Å². The third kappa shape index (κ3) is 13.3. The SMILES string of the molecule is O1[SiH2]O[SiH2]O[SiH2]O[SiH2]1.[SiH3]O[SiH2]O[SiH3]. The normalized spacial score (nSPS) is 26.8. The molecule has 0 saturated carbocycles. The first-order valence-electron chi connectivity index (χ1n) is 3.70. The molecule has 0 N–H and O–H groups in total. The summed E-state index contributed by atoms with van der Waals surface area (Å²) in [5.74, 6) is 0. The fourth-order valence-electron chi connectivity index (χ4n) is 0.490. The Hall–Kier alpha value is 1.28. The average Bonchev–Trinajstić information content (AvgIpc) is 2.05. The molecule has 0 spiro atoms. The summed E-state index contributed by atoms with van der Waals surface area (Å²) in [6, 6.07) is 0. The van der Waals surface area contributed by atoms with Crippen LogP contribution in [0.4, 0.5) is 0 Å². The van der Waals surface area contributed by atoms with Crippen molar-refractivity contribution in [3.05, 3.63) is 0 Å².